The van der Waals surface area contributed by atoms with E-state index in [1.54, 1.807) is 0 Å². The Kier molecular flexibility index (Phi) is 7.92. The fraction of sp³-hybridized carbons (Fsp3) is 0.0508. The first-order chi connectivity index (χ1) is 30.0. The number of rotatable bonds is 6. The van der Waals surface area contributed by atoms with Crippen molar-refractivity contribution in [2.75, 3.05) is 4.90 Å². The highest BCUT2D eigenvalue weighted by Gasteiger charge is 2.36. The molecule has 0 atom stereocenters. The Morgan fingerprint density at radius 1 is 0.377 bits per heavy atom. The molecule has 10 aromatic carbocycles. The summed E-state index contributed by atoms with van der Waals surface area (Å²) in [6.45, 7) is 4.72. The number of benzene rings is 10. The third kappa shape index (κ3) is 5.49. The second kappa shape index (κ2) is 13.7. The molecule has 0 spiro atoms. The molecule has 0 radical (unpaired) electrons. The Hall–Kier alpha value is -7.68. The molecule has 1 heterocycles. The molecule has 1 aliphatic carbocycles. The summed E-state index contributed by atoms with van der Waals surface area (Å²) in [7, 11) is 0. The molecule has 61 heavy (non-hydrogen) atoms. The molecule has 0 unspecified atom stereocenters. The van der Waals surface area contributed by atoms with Crippen molar-refractivity contribution in [2.45, 2.75) is 19.3 Å². The van der Waals surface area contributed by atoms with Crippen molar-refractivity contribution in [2.24, 2.45) is 0 Å². The van der Waals surface area contributed by atoms with Crippen molar-refractivity contribution >= 4 is 60.5 Å². The lowest BCUT2D eigenvalue weighted by atomic mass is 9.82. The maximum Gasteiger partial charge on any atom is 0.143 e. The van der Waals surface area contributed by atoms with E-state index in [-0.39, 0.29) is 5.41 Å². The summed E-state index contributed by atoms with van der Waals surface area (Å²) in [5.41, 5.74) is 17.2. The van der Waals surface area contributed by atoms with Gasteiger partial charge in [0.1, 0.15) is 11.2 Å². The predicted molar refractivity (Wildman–Crippen MR) is 257 cm³/mol. The van der Waals surface area contributed by atoms with E-state index in [1.165, 1.54) is 60.7 Å². The molecule has 288 valence electrons. The number of hydrogen-bond acceptors (Lipinski definition) is 2. The van der Waals surface area contributed by atoms with E-state index < -0.39 is 0 Å². The van der Waals surface area contributed by atoms with Crippen LogP contribution < -0.4 is 4.90 Å². The maximum absolute atomic E-state index is 7.05. The van der Waals surface area contributed by atoms with Gasteiger partial charge in [0.05, 0.1) is 5.69 Å². The van der Waals surface area contributed by atoms with Crippen molar-refractivity contribution in [3.63, 3.8) is 0 Å². The average molecular weight is 780 g/mol. The number of fused-ring (bicyclic) bond motifs is 11. The predicted octanol–water partition coefficient (Wildman–Crippen LogP) is 16.7. The molecule has 0 N–H and O–H groups in total. The fourth-order valence-corrected chi connectivity index (χ4v) is 10.1. The average Bonchev–Trinajstić information content (AvgIpc) is 3.83. The number of hydrogen-bond donors (Lipinski definition) is 0. The summed E-state index contributed by atoms with van der Waals surface area (Å²) in [6, 6.07) is 77.3. The first-order valence-corrected chi connectivity index (χ1v) is 21.2. The highest BCUT2D eigenvalue weighted by atomic mass is 16.3. The molecular weight excluding hydrogens is 739 g/mol. The van der Waals surface area contributed by atoms with E-state index in [4.69, 9.17) is 4.42 Å². The molecule has 0 fully saturated rings. The number of nitrogens with zero attached hydrogens (tertiary/aromatic N) is 1. The molecular formula is C59H41NO. The van der Waals surface area contributed by atoms with Gasteiger partial charge in [0.25, 0.3) is 0 Å². The van der Waals surface area contributed by atoms with Gasteiger partial charge in [0.2, 0.25) is 0 Å². The van der Waals surface area contributed by atoms with Gasteiger partial charge in [-0.1, -0.05) is 190 Å². The van der Waals surface area contributed by atoms with Crippen LogP contribution in [0.2, 0.25) is 0 Å². The van der Waals surface area contributed by atoms with E-state index in [1.807, 2.05) is 0 Å². The van der Waals surface area contributed by atoms with Gasteiger partial charge in [-0.05, 0) is 103 Å². The third-order valence-corrected chi connectivity index (χ3v) is 13.1. The van der Waals surface area contributed by atoms with E-state index in [0.717, 1.165) is 55.5 Å². The Bertz CT molecular complexity index is 3470. The first-order valence-electron chi connectivity index (χ1n) is 21.2. The molecule has 0 saturated heterocycles. The minimum Gasteiger partial charge on any atom is -0.455 e. The minimum atomic E-state index is -0.161. The van der Waals surface area contributed by atoms with Gasteiger partial charge in [-0.3, -0.25) is 0 Å². The molecule has 2 nitrogen and oxygen atoms in total. The SMILES string of the molecule is CC1(C)c2ccccc2-c2ccc(N(c3ccc(-c4ccccc4)cc3)c3ccc4oc5c6ccccc6c6ccccc6c5c4c3-c3ccc(-c4ccccc4)cc3)cc21. The van der Waals surface area contributed by atoms with Crippen molar-refractivity contribution in [1.29, 1.82) is 0 Å². The Morgan fingerprint density at radius 3 is 1.57 bits per heavy atom. The summed E-state index contributed by atoms with van der Waals surface area (Å²) in [6.07, 6.45) is 0. The molecule has 0 amide bonds. The van der Waals surface area contributed by atoms with Crippen LogP contribution in [0, 0.1) is 0 Å². The molecule has 0 bridgehead atoms. The largest absolute Gasteiger partial charge is 0.455 e. The van der Waals surface area contributed by atoms with E-state index in [2.05, 4.69) is 231 Å². The Morgan fingerprint density at radius 2 is 0.885 bits per heavy atom. The van der Waals surface area contributed by atoms with Crippen molar-refractivity contribution in [3.8, 4) is 44.5 Å². The molecule has 1 aromatic heterocycles. The first kappa shape index (κ1) is 35.3. The zero-order valence-electron chi connectivity index (χ0n) is 34.1. The lowest BCUT2D eigenvalue weighted by molar-refractivity contribution is 0.660. The summed E-state index contributed by atoms with van der Waals surface area (Å²) >= 11 is 0. The normalized spacial score (nSPS) is 12.9. The van der Waals surface area contributed by atoms with Crippen LogP contribution in [-0.4, -0.2) is 0 Å². The van der Waals surface area contributed by atoms with Crippen molar-refractivity contribution in [3.05, 3.63) is 223 Å². The smallest absolute Gasteiger partial charge is 0.143 e. The zero-order valence-corrected chi connectivity index (χ0v) is 34.1. The van der Waals surface area contributed by atoms with Crippen LogP contribution in [0.25, 0.3) is 88.0 Å². The Balaban J connectivity index is 1.17. The van der Waals surface area contributed by atoms with E-state index >= 15 is 0 Å². The monoisotopic (exact) mass is 779 g/mol. The van der Waals surface area contributed by atoms with Crippen LogP contribution in [-0.2, 0) is 5.41 Å². The van der Waals surface area contributed by atoms with Gasteiger partial charge in [0, 0.05) is 38.5 Å². The van der Waals surface area contributed by atoms with Gasteiger partial charge in [-0.15, -0.1) is 0 Å². The van der Waals surface area contributed by atoms with Crippen LogP contribution in [0.15, 0.2) is 217 Å². The van der Waals surface area contributed by atoms with Gasteiger partial charge in [-0.25, -0.2) is 0 Å². The highest BCUT2D eigenvalue weighted by Crippen LogP contribution is 2.53. The van der Waals surface area contributed by atoms with E-state index in [9.17, 15) is 0 Å². The molecule has 1 aliphatic rings. The lowest BCUT2D eigenvalue weighted by Gasteiger charge is -2.30. The van der Waals surface area contributed by atoms with Crippen LogP contribution in [0.1, 0.15) is 25.0 Å². The molecule has 12 rings (SSSR count). The molecule has 2 heteroatoms. The molecule has 0 saturated carbocycles. The summed E-state index contributed by atoms with van der Waals surface area (Å²) in [5.74, 6) is 0. The summed E-state index contributed by atoms with van der Waals surface area (Å²) in [5, 5.41) is 6.97. The maximum atomic E-state index is 7.05. The Labute approximate surface area is 355 Å². The topological polar surface area (TPSA) is 16.4 Å². The van der Waals surface area contributed by atoms with Crippen LogP contribution in [0.4, 0.5) is 17.1 Å². The zero-order chi connectivity index (χ0) is 40.7. The van der Waals surface area contributed by atoms with Gasteiger partial charge in [0.15, 0.2) is 0 Å². The highest BCUT2D eigenvalue weighted by molar-refractivity contribution is 6.33. The van der Waals surface area contributed by atoms with Gasteiger partial charge >= 0.3 is 0 Å². The standard InChI is InChI=1S/C59H41NO/c1-59(2)51-24-14-13-21-47(51)48-34-33-44(37-52(48)59)60(43-31-29-41(30-32-43)39-17-7-4-8-18-39)53-35-36-54-57(55(53)42-27-25-40(26-28-42)38-15-5-3-6-16-38)56-49-22-11-9-19-45(49)46-20-10-12-23-50(46)58(56)61-54/h3-37H,1-2H3. The number of anilines is 3. The number of furan rings is 1. The molecule has 0 aliphatic heterocycles. The summed E-state index contributed by atoms with van der Waals surface area (Å²) < 4.78 is 7.05. The minimum absolute atomic E-state index is 0.161. The van der Waals surface area contributed by atoms with Crippen LogP contribution in [0.3, 0.4) is 0 Å². The quantitative estimate of drug-likeness (QED) is 0.156. The fourth-order valence-electron chi connectivity index (χ4n) is 10.1. The van der Waals surface area contributed by atoms with E-state index in [0.29, 0.717) is 0 Å². The summed E-state index contributed by atoms with van der Waals surface area (Å²) in [4.78, 5) is 2.47. The van der Waals surface area contributed by atoms with Gasteiger partial charge < -0.3 is 9.32 Å². The third-order valence-electron chi connectivity index (χ3n) is 13.1. The van der Waals surface area contributed by atoms with Crippen molar-refractivity contribution < 1.29 is 4.42 Å². The van der Waals surface area contributed by atoms with Crippen molar-refractivity contribution in [1.82, 2.24) is 0 Å². The van der Waals surface area contributed by atoms with Gasteiger partial charge in [-0.2, -0.15) is 0 Å². The van der Waals surface area contributed by atoms with Crippen LogP contribution in [0.5, 0.6) is 0 Å². The second-order valence-corrected chi connectivity index (χ2v) is 16.8. The molecule has 11 aromatic rings. The lowest BCUT2D eigenvalue weighted by Crippen LogP contribution is -2.17. The second-order valence-electron chi connectivity index (χ2n) is 16.8. The van der Waals surface area contributed by atoms with Crippen LogP contribution >= 0.6 is 0 Å².